The molecule has 98 valence electrons. The van der Waals surface area contributed by atoms with Gasteiger partial charge in [-0.1, -0.05) is 12.1 Å². The van der Waals surface area contributed by atoms with Gasteiger partial charge >= 0.3 is 0 Å². The zero-order valence-corrected chi connectivity index (χ0v) is 11.2. The molecule has 1 aliphatic carbocycles. The van der Waals surface area contributed by atoms with Crippen molar-refractivity contribution in [2.45, 2.75) is 19.3 Å². The van der Waals surface area contributed by atoms with Crippen LogP contribution in [-0.4, -0.2) is 14.5 Å². The minimum atomic E-state index is 0.979. The van der Waals surface area contributed by atoms with Crippen LogP contribution in [0.15, 0.2) is 55.1 Å². The quantitative estimate of drug-likeness (QED) is 0.707. The number of pyridine rings is 1. The number of hydrogen-bond donors (Lipinski definition) is 0. The molecule has 1 aliphatic rings. The van der Waals surface area contributed by atoms with E-state index >= 15 is 0 Å². The van der Waals surface area contributed by atoms with Crippen LogP contribution in [0.4, 0.5) is 0 Å². The van der Waals surface area contributed by atoms with Crippen molar-refractivity contribution < 1.29 is 0 Å². The lowest BCUT2D eigenvalue weighted by atomic mass is 10.1. The maximum Gasteiger partial charge on any atom is 0.144 e. The van der Waals surface area contributed by atoms with Crippen LogP contribution in [-0.2, 0) is 12.8 Å². The van der Waals surface area contributed by atoms with Gasteiger partial charge in [0, 0.05) is 30.4 Å². The lowest BCUT2D eigenvalue weighted by Crippen LogP contribution is -2.00. The Morgan fingerprint density at radius 2 is 1.85 bits per heavy atom. The second-order valence-corrected chi connectivity index (χ2v) is 5.13. The smallest absolute Gasteiger partial charge is 0.144 e. The Bertz CT molecular complexity index is 744. The van der Waals surface area contributed by atoms with Gasteiger partial charge in [0.15, 0.2) is 0 Å². The molecular formula is C17H15N3. The van der Waals surface area contributed by atoms with E-state index in [0.29, 0.717) is 0 Å². The Kier molecular flexibility index (Phi) is 2.62. The molecule has 2 heterocycles. The van der Waals surface area contributed by atoms with Gasteiger partial charge < -0.3 is 0 Å². The number of fused-ring (bicyclic) bond motifs is 1. The molecular weight excluding hydrogens is 246 g/mol. The molecule has 0 saturated heterocycles. The summed E-state index contributed by atoms with van der Waals surface area (Å²) in [6.07, 6.45) is 11.1. The van der Waals surface area contributed by atoms with Gasteiger partial charge in [-0.3, -0.25) is 9.55 Å². The Labute approximate surface area is 117 Å². The van der Waals surface area contributed by atoms with Crippen molar-refractivity contribution in [2.24, 2.45) is 0 Å². The predicted octanol–water partition coefficient (Wildman–Crippen LogP) is 3.42. The molecule has 0 radical (unpaired) electrons. The summed E-state index contributed by atoms with van der Waals surface area (Å²) in [7, 11) is 0. The Morgan fingerprint density at radius 3 is 2.75 bits per heavy atom. The lowest BCUT2D eigenvalue weighted by Gasteiger charge is -2.12. The van der Waals surface area contributed by atoms with Crippen molar-refractivity contribution in [3.8, 4) is 17.1 Å². The number of benzene rings is 1. The average Bonchev–Trinajstić information content (AvgIpc) is 3.16. The van der Waals surface area contributed by atoms with Gasteiger partial charge in [-0.25, -0.2) is 4.98 Å². The van der Waals surface area contributed by atoms with Crippen molar-refractivity contribution in [2.75, 3.05) is 0 Å². The van der Waals surface area contributed by atoms with Gasteiger partial charge in [0.05, 0.1) is 5.69 Å². The maximum absolute atomic E-state index is 4.52. The highest BCUT2D eigenvalue weighted by atomic mass is 15.1. The normalized spacial score (nSPS) is 13.4. The molecule has 0 N–H and O–H groups in total. The SMILES string of the molecule is c1cc2c(c(-n3ccnc3-c3ccncc3)c1)CCC2. The van der Waals surface area contributed by atoms with Crippen LogP contribution in [0.5, 0.6) is 0 Å². The second-order valence-electron chi connectivity index (χ2n) is 5.13. The molecule has 0 aliphatic heterocycles. The predicted molar refractivity (Wildman–Crippen MR) is 78.8 cm³/mol. The number of rotatable bonds is 2. The summed E-state index contributed by atoms with van der Waals surface area (Å²) >= 11 is 0. The molecule has 20 heavy (non-hydrogen) atoms. The van der Waals surface area contributed by atoms with E-state index in [1.54, 1.807) is 0 Å². The van der Waals surface area contributed by atoms with Gasteiger partial charge in [0.1, 0.15) is 5.82 Å². The van der Waals surface area contributed by atoms with Crippen LogP contribution in [0.2, 0.25) is 0 Å². The molecule has 3 nitrogen and oxygen atoms in total. The lowest BCUT2D eigenvalue weighted by molar-refractivity contribution is 0.905. The zero-order chi connectivity index (χ0) is 13.4. The molecule has 2 aromatic heterocycles. The van der Waals surface area contributed by atoms with Gasteiger partial charge in [0.2, 0.25) is 0 Å². The number of hydrogen-bond acceptors (Lipinski definition) is 2. The van der Waals surface area contributed by atoms with E-state index in [1.807, 2.05) is 36.9 Å². The van der Waals surface area contributed by atoms with Crippen molar-refractivity contribution in [1.29, 1.82) is 0 Å². The van der Waals surface area contributed by atoms with Crippen LogP contribution in [0.1, 0.15) is 17.5 Å². The van der Waals surface area contributed by atoms with Crippen LogP contribution < -0.4 is 0 Å². The van der Waals surface area contributed by atoms with Crippen molar-refractivity contribution in [3.05, 3.63) is 66.2 Å². The van der Waals surface area contributed by atoms with E-state index in [1.165, 1.54) is 36.1 Å². The number of aryl methyl sites for hydroxylation is 1. The van der Waals surface area contributed by atoms with E-state index < -0.39 is 0 Å². The summed E-state index contributed by atoms with van der Waals surface area (Å²) in [5.74, 6) is 0.979. The van der Waals surface area contributed by atoms with Gasteiger partial charge in [-0.15, -0.1) is 0 Å². The summed E-state index contributed by atoms with van der Waals surface area (Å²) in [5.41, 5.74) is 5.32. The molecule has 0 atom stereocenters. The second kappa shape index (κ2) is 4.60. The number of nitrogens with zero attached hydrogens (tertiary/aromatic N) is 3. The average molecular weight is 261 g/mol. The summed E-state index contributed by atoms with van der Waals surface area (Å²) in [5, 5.41) is 0. The van der Waals surface area contributed by atoms with Crippen molar-refractivity contribution >= 4 is 0 Å². The summed E-state index contributed by atoms with van der Waals surface area (Å²) in [6, 6.07) is 10.6. The third-order valence-electron chi connectivity index (χ3n) is 3.96. The van der Waals surface area contributed by atoms with E-state index in [4.69, 9.17) is 0 Å². The fraction of sp³-hybridized carbons (Fsp3) is 0.176. The van der Waals surface area contributed by atoms with Gasteiger partial charge in [-0.05, 0) is 48.6 Å². The molecule has 4 rings (SSSR count). The first-order valence-electron chi connectivity index (χ1n) is 6.98. The van der Waals surface area contributed by atoms with Crippen LogP contribution in [0.3, 0.4) is 0 Å². The van der Waals surface area contributed by atoms with Crippen LogP contribution >= 0.6 is 0 Å². The largest absolute Gasteiger partial charge is 0.300 e. The summed E-state index contributed by atoms with van der Waals surface area (Å²) in [4.78, 5) is 8.60. The standard InChI is InChI=1S/C17H15N3/c1-3-13-4-2-6-16(15(13)5-1)20-12-11-19-17(20)14-7-9-18-10-8-14/h2,4,6-12H,1,3,5H2. The minimum absolute atomic E-state index is 0.979. The first kappa shape index (κ1) is 11.4. The molecule has 1 aromatic carbocycles. The highest BCUT2D eigenvalue weighted by Gasteiger charge is 2.17. The Hall–Kier alpha value is -2.42. The molecule has 0 saturated carbocycles. The highest BCUT2D eigenvalue weighted by molar-refractivity contribution is 5.60. The first-order valence-corrected chi connectivity index (χ1v) is 6.98. The molecule has 0 spiro atoms. The fourth-order valence-electron chi connectivity index (χ4n) is 3.04. The first-order chi connectivity index (χ1) is 9.93. The molecule has 0 unspecified atom stereocenters. The highest BCUT2D eigenvalue weighted by Crippen LogP contribution is 2.30. The van der Waals surface area contributed by atoms with E-state index in [-0.39, 0.29) is 0 Å². The molecule has 0 bridgehead atoms. The van der Waals surface area contributed by atoms with Crippen LogP contribution in [0, 0.1) is 0 Å². The van der Waals surface area contributed by atoms with E-state index in [9.17, 15) is 0 Å². The van der Waals surface area contributed by atoms with E-state index in [0.717, 1.165) is 11.4 Å². The zero-order valence-electron chi connectivity index (χ0n) is 11.2. The van der Waals surface area contributed by atoms with Gasteiger partial charge in [0.25, 0.3) is 0 Å². The van der Waals surface area contributed by atoms with E-state index in [2.05, 4.69) is 32.7 Å². The third-order valence-corrected chi connectivity index (χ3v) is 3.96. The topological polar surface area (TPSA) is 30.7 Å². The summed E-state index contributed by atoms with van der Waals surface area (Å²) < 4.78 is 2.19. The Balaban J connectivity index is 1.89. The molecule has 3 aromatic rings. The minimum Gasteiger partial charge on any atom is -0.300 e. The monoisotopic (exact) mass is 261 g/mol. The molecule has 3 heteroatoms. The van der Waals surface area contributed by atoms with Gasteiger partial charge in [-0.2, -0.15) is 0 Å². The molecule has 0 amide bonds. The van der Waals surface area contributed by atoms with Crippen LogP contribution in [0.25, 0.3) is 17.1 Å². The molecule has 0 fully saturated rings. The number of imidazole rings is 1. The van der Waals surface area contributed by atoms with Crippen molar-refractivity contribution in [3.63, 3.8) is 0 Å². The fourth-order valence-corrected chi connectivity index (χ4v) is 3.04. The summed E-state index contributed by atoms with van der Waals surface area (Å²) in [6.45, 7) is 0. The Morgan fingerprint density at radius 1 is 0.950 bits per heavy atom. The van der Waals surface area contributed by atoms with Crippen molar-refractivity contribution in [1.82, 2.24) is 14.5 Å². The maximum atomic E-state index is 4.52. The number of aromatic nitrogens is 3. The third kappa shape index (κ3) is 1.74.